The number of hydrogen-bond acceptors (Lipinski definition) is 6. The van der Waals surface area contributed by atoms with Crippen LogP contribution in [0.5, 0.6) is 0 Å². The van der Waals surface area contributed by atoms with Gasteiger partial charge < -0.3 is 43.4 Å². The van der Waals surface area contributed by atoms with Gasteiger partial charge in [0.2, 0.25) is 23.6 Å². The summed E-state index contributed by atoms with van der Waals surface area (Å²) in [4.78, 5) is 59.9. The number of rotatable bonds is 16. The molecule has 4 atom stereocenters. The number of carbonyl (C=O) groups excluding carboxylic acids is 4. The van der Waals surface area contributed by atoms with Crippen LogP contribution < -0.4 is 38.5 Å². The van der Waals surface area contributed by atoms with Crippen LogP contribution in [0.1, 0.15) is 43.7 Å². The van der Waals surface area contributed by atoms with E-state index in [0.29, 0.717) is 32.4 Å². The molecule has 250 valence electrons. The molecule has 13 heteroatoms. The number of nitrogens with zero attached hydrogens (tertiary/aromatic N) is 2. The molecule has 1 aliphatic rings. The molecule has 4 unspecified atom stereocenters. The van der Waals surface area contributed by atoms with E-state index >= 15 is 0 Å². The van der Waals surface area contributed by atoms with Crippen LogP contribution in [0.4, 0.5) is 0 Å². The summed E-state index contributed by atoms with van der Waals surface area (Å²) < 4.78 is 0. The van der Waals surface area contributed by atoms with Gasteiger partial charge in [-0.05, 0) is 24.0 Å². The van der Waals surface area contributed by atoms with Crippen LogP contribution in [0.15, 0.2) is 65.7 Å². The summed E-state index contributed by atoms with van der Waals surface area (Å²) in [5.41, 5.74) is 19.1. The Morgan fingerprint density at radius 1 is 0.804 bits per heavy atom. The van der Waals surface area contributed by atoms with Crippen molar-refractivity contribution in [2.45, 2.75) is 69.6 Å². The smallest absolute Gasteiger partial charge is 0.247 e. The number of benzene rings is 2. The van der Waals surface area contributed by atoms with E-state index in [-0.39, 0.29) is 24.8 Å². The second-order valence-electron chi connectivity index (χ2n) is 11.6. The summed E-state index contributed by atoms with van der Waals surface area (Å²) in [5, 5.41) is 10.6. The zero-order valence-electron chi connectivity index (χ0n) is 26.7. The Morgan fingerprint density at radius 2 is 1.39 bits per heavy atom. The molecule has 0 saturated carbocycles. The van der Waals surface area contributed by atoms with Crippen molar-refractivity contribution < 1.29 is 24.5 Å². The first kappa shape index (κ1) is 36.0. The lowest BCUT2D eigenvalue weighted by atomic mass is 10.0. The van der Waals surface area contributed by atoms with Crippen LogP contribution in [-0.2, 0) is 32.0 Å². The molecule has 1 aliphatic heterocycles. The molecule has 0 bridgehead atoms. The van der Waals surface area contributed by atoms with E-state index in [1.807, 2.05) is 67.6 Å². The lowest BCUT2D eigenvalue weighted by molar-refractivity contribution is -0.651. The molecule has 46 heavy (non-hydrogen) atoms. The Balaban J connectivity index is 1.77. The number of quaternary nitrogens is 1. The molecule has 11 N–H and O–H groups in total. The van der Waals surface area contributed by atoms with Gasteiger partial charge in [-0.1, -0.05) is 80.4 Å². The minimum absolute atomic E-state index is 0.131. The first-order chi connectivity index (χ1) is 22.2. The van der Waals surface area contributed by atoms with Crippen LogP contribution in [0.3, 0.4) is 0 Å². The Bertz CT molecular complexity index is 1280. The maximum Gasteiger partial charge on any atom is 0.247 e. The van der Waals surface area contributed by atoms with Crippen molar-refractivity contribution in [1.82, 2.24) is 20.9 Å². The first-order valence-electron chi connectivity index (χ1n) is 16.1. The van der Waals surface area contributed by atoms with Gasteiger partial charge in [0.05, 0.1) is 32.2 Å². The van der Waals surface area contributed by atoms with Crippen LogP contribution >= 0.6 is 0 Å². The lowest BCUT2D eigenvalue weighted by Gasteiger charge is -2.28. The highest BCUT2D eigenvalue weighted by atomic mass is 16.2. The molecule has 3 rings (SSSR count). The molecule has 2 aromatic rings. The third-order valence-corrected chi connectivity index (χ3v) is 7.85. The largest absolute Gasteiger partial charge is 0.370 e. The van der Waals surface area contributed by atoms with Crippen LogP contribution in [0, 0.1) is 0 Å². The van der Waals surface area contributed by atoms with Gasteiger partial charge in [-0.15, -0.1) is 0 Å². The maximum absolute atomic E-state index is 13.8. The molecule has 2 aromatic carbocycles. The fraction of sp³-hybridized carbons (Fsp3) is 0.485. The Labute approximate surface area is 271 Å². The van der Waals surface area contributed by atoms with Gasteiger partial charge in [0.1, 0.15) is 18.1 Å². The average Bonchev–Trinajstić information content (AvgIpc) is 3.35. The van der Waals surface area contributed by atoms with E-state index in [9.17, 15) is 19.2 Å². The molecule has 0 radical (unpaired) electrons. The van der Waals surface area contributed by atoms with Gasteiger partial charge in [-0.2, -0.15) is 0 Å². The fourth-order valence-corrected chi connectivity index (χ4v) is 5.27. The second-order valence-corrected chi connectivity index (χ2v) is 11.6. The number of nitrogens with two attached hydrogens (primary N) is 4. The van der Waals surface area contributed by atoms with Gasteiger partial charge in [0.15, 0.2) is 5.96 Å². The van der Waals surface area contributed by atoms with Crippen molar-refractivity contribution >= 4 is 29.6 Å². The normalized spacial score (nSPS) is 15.7. The van der Waals surface area contributed by atoms with Gasteiger partial charge in [0, 0.05) is 19.4 Å². The van der Waals surface area contributed by atoms with E-state index in [4.69, 9.17) is 17.2 Å². The molecule has 13 nitrogen and oxygen atoms in total. The number of unbranched alkanes of at least 4 members (excludes halogenated alkanes) is 1. The van der Waals surface area contributed by atoms with Crippen molar-refractivity contribution in [2.24, 2.45) is 22.2 Å². The van der Waals surface area contributed by atoms with Crippen LogP contribution in [0.25, 0.3) is 0 Å². The topological polar surface area (TPSA) is 215 Å². The fourth-order valence-electron chi connectivity index (χ4n) is 5.27. The van der Waals surface area contributed by atoms with Crippen molar-refractivity contribution in [3.8, 4) is 0 Å². The molecule has 4 amide bonds. The number of nitrogens with one attached hydrogen (secondary N) is 3. The first-order valence-corrected chi connectivity index (χ1v) is 16.1. The molecule has 0 spiro atoms. The molecular formula is C33H50N9O4+. The van der Waals surface area contributed by atoms with E-state index in [1.54, 1.807) is 4.90 Å². The zero-order valence-corrected chi connectivity index (χ0v) is 26.7. The highest BCUT2D eigenvalue weighted by molar-refractivity contribution is 5.95. The van der Waals surface area contributed by atoms with E-state index in [2.05, 4.69) is 26.3 Å². The van der Waals surface area contributed by atoms with E-state index in [0.717, 1.165) is 37.1 Å². The molecule has 0 aromatic heterocycles. The van der Waals surface area contributed by atoms with Crippen molar-refractivity contribution in [1.29, 1.82) is 0 Å². The Kier molecular flexibility index (Phi) is 15.0. The summed E-state index contributed by atoms with van der Waals surface area (Å²) in [6.07, 6.45) is 3.07. The van der Waals surface area contributed by atoms with Crippen LogP contribution in [0.2, 0.25) is 0 Å². The summed E-state index contributed by atoms with van der Waals surface area (Å²) in [6.45, 7) is 4.62. The molecule has 1 saturated heterocycles. The zero-order chi connectivity index (χ0) is 33.3. The summed E-state index contributed by atoms with van der Waals surface area (Å²) in [6, 6.07) is 14.8. The SMILES string of the molecule is CCCCC(NC(=O)C(Cc1ccccc1)NC(=O)C(N)Cc1ccccc1)C(=O)NC(CN=C(N)N)C(=O)N1CCC[NH2+]CC1. The quantitative estimate of drug-likeness (QED) is 0.0856. The Hall–Kier alpha value is -4.49. The molecule has 0 aliphatic carbocycles. The average molecular weight is 637 g/mol. The number of aliphatic imine (C=N–C) groups is 1. The van der Waals surface area contributed by atoms with Crippen molar-refractivity contribution in [3.05, 3.63) is 71.8 Å². The number of carbonyl (C=O) groups is 4. The maximum atomic E-state index is 13.8. The van der Waals surface area contributed by atoms with Gasteiger partial charge in [0.25, 0.3) is 0 Å². The van der Waals surface area contributed by atoms with E-state index in [1.165, 1.54) is 0 Å². The van der Waals surface area contributed by atoms with Crippen molar-refractivity contribution in [2.75, 3.05) is 32.7 Å². The summed E-state index contributed by atoms with van der Waals surface area (Å²) in [5.74, 6) is -2.02. The monoisotopic (exact) mass is 636 g/mol. The number of guanidine groups is 1. The molecular weight excluding hydrogens is 586 g/mol. The second kappa shape index (κ2) is 19.1. The van der Waals surface area contributed by atoms with Crippen LogP contribution in [-0.4, -0.2) is 91.4 Å². The molecule has 1 fully saturated rings. The molecule has 1 heterocycles. The predicted molar refractivity (Wildman–Crippen MR) is 177 cm³/mol. The summed E-state index contributed by atoms with van der Waals surface area (Å²) in [7, 11) is 0. The number of amides is 4. The third kappa shape index (κ3) is 12.1. The number of hydrogen-bond donors (Lipinski definition) is 7. The lowest BCUT2D eigenvalue weighted by Crippen LogP contribution is -2.84. The minimum atomic E-state index is -1.01. The third-order valence-electron chi connectivity index (χ3n) is 7.85. The highest BCUT2D eigenvalue weighted by Crippen LogP contribution is 2.09. The highest BCUT2D eigenvalue weighted by Gasteiger charge is 2.32. The van der Waals surface area contributed by atoms with E-state index < -0.39 is 41.9 Å². The minimum Gasteiger partial charge on any atom is -0.370 e. The van der Waals surface area contributed by atoms with Gasteiger partial charge in [-0.25, -0.2) is 0 Å². The summed E-state index contributed by atoms with van der Waals surface area (Å²) >= 11 is 0. The van der Waals surface area contributed by atoms with Gasteiger partial charge in [-0.3, -0.25) is 24.2 Å². The van der Waals surface area contributed by atoms with Crippen molar-refractivity contribution in [3.63, 3.8) is 0 Å². The standard InChI is InChI=1S/C33H49N9O4/c1-2-3-15-26(30(44)41-28(22-38-33(35)36)32(46)42-18-10-16-37-17-19-42)39-31(45)27(21-24-13-8-5-9-14-24)40-29(43)25(34)20-23-11-6-4-7-12-23/h4-9,11-14,25-28,37H,2-3,10,15-22,34H2,1H3,(H,39,45)(H,40,43)(H,41,44)(H4,35,36,38)/p+1. The Morgan fingerprint density at radius 3 is 2.02 bits per heavy atom. The van der Waals surface area contributed by atoms with Gasteiger partial charge >= 0.3 is 0 Å². The predicted octanol–water partition coefficient (Wildman–Crippen LogP) is -1.49.